The second-order valence-corrected chi connectivity index (χ2v) is 3.68. The fourth-order valence-corrected chi connectivity index (χ4v) is 1.56. The van der Waals surface area contributed by atoms with E-state index in [1.54, 1.807) is 12.1 Å². The molecule has 0 saturated heterocycles. The number of aromatic carboxylic acids is 1. The lowest BCUT2D eigenvalue weighted by atomic mass is 10.3. The van der Waals surface area contributed by atoms with Gasteiger partial charge in [-0.1, -0.05) is 11.8 Å². The first-order valence-electron chi connectivity index (χ1n) is 4.17. The van der Waals surface area contributed by atoms with Crippen molar-refractivity contribution in [1.29, 1.82) is 0 Å². The van der Waals surface area contributed by atoms with Crippen molar-refractivity contribution in [2.24, 2.45) is 0 Å². The van der Waals surface area contributed by atoms with E-state index >= 15 is 0 Å². The molecule has 1 aromatic heterocycles. The predicted octanol–water partition coefficient (Wildman–Crippen LogP) is 1.57. The summed E-state index contributed by atoms with van der Waals surface area (Å²) in [5, 5.41) is 17.1. The zero-order valence-corrected chi connectivity index (χ0v) is 8.30. The Balaban J connectivity index is 2.58. The standard InChI is InChI=1S/C10H10O3S/c11-7-3-1-2-4-8-5-6-9(14-8)10(12)13/h5-6,11H,1,3,7H2,(H,12,13). The first kappa shape index (κ1) is 10.8. The van der Waals surface area contributed by atoms with Crippen molar-refractivity contribution in [1.82, 2.24) is 0 Å². The first-order chi connectivity index (χ1) is 6.74. The van der Waals surface area contributed by atoms with Crippen molar-refractivity contribution in [3.63, 3.8) is 0 Å². The number of hydrogen-bond donors (Lipinski definition) is 2. The molecule has 3 nitrogen and oxygen atoms in total. The minimum absolute atomic E-state index is 0.138. The van der Waals surface area contributed by atoms with Gasteiger partial charge in [0.05, 0.1) is 4.88 Å². The van der Waals surface area contributed by atoms with Gasteiger partial charge in [0.25, 0.3) is 0 Å². The van der Waals surface area contributed by atoms with Crippen molar-refractivity contribution in [3.05, 3.63) is 21.9 Å². The fourth-order valence-electron chi connectivity index (χ4n) is 0.837. The molecule has 0 unspecified atom stereocenters. The van der Waals surface area contributed by atoms with E-state index < -0.39 is 5.97 Å². The van der Waals surface area contributed by atoms with E-state index in [2.05, 4.69) is 11.8 Å². The average molecular weight is 210 g/mol. The van der Waals surface area contributed by atoms with Gasteiger partial charge < -0.3 is 10.2 Å². The highest BCUT2D eigenvalue weighted by Gasteiger charge is 2.04. The molecule has 0 amide bonds. The molecule has 0 aliphatic carbocycles. The summed E-state index contributed by atoms with van der Waals surface area (Å²) in [6.07, 6.45) is 1.29. The predicted molar refractivity (Wildman–Crippen MR) is 54.5 cm³/mol. The van der Waals surface area contributed by atoms with Gasteiger partial charge in [-0.3, -0.25) is 0 Å². The Morgan fingerprint density at radius 1 is 1.50 bits per heavy atom. The van der Waals surface area contributed by atoms with Crippen LogP contribution in [0.1, 0.15) is 27.4 Å². The maximum absolute atomic E-state index is 10.5. The minimum atomic E-state index is -0.918. The zero-order valence-electron chi connectivity index (χ0n) is 7.49. The van der Waals surface area contributed by atoms with Crippen LogP contribution >= 0.6 is 11.3 Å². The van der Waals surface area contributed by atoms with Crippen LogP contribution in [0.2, 0.25) is 0 Å². The van der Waals surface area contributed by atoms with Crippen LogP contribution < -0.4 is 0 Å². The number of hydrogen-bond acceptors (Lipinski definition) is 3. The zero-order chi connectivity index (χ0) is 10.4. The summed E-state index contributed by atoms with van der Waals surface area (Å²) in [6.45, 7) is 0.138. The van der Waals surface area contributed by atoms with Crippen LogP contribution in [0.15, 0.2) is 12.1 Å². The van der Waals surface area contributed by atoms with E-state index in [9.17, 15) is 4.79 Å². The summed E-state index contributed by atoms with van der Waals surface area (Å²) in [4.78, 5) is 11.6. The van der Waals surface area contributed by atoms with Gasteiger partial charge in [-0.2, -0.15) is 0 Å². The second kappa shape index (κ2) is 5.43. The lowest BCUT2D eigenvalue weighted by Gasteiger charge is -1.83. The SMILES string of the molecule is O=C(O)c1ccc(C#CCCCO)s1. The summed E-state index contributed by atoms with van der Waals surface area (Å²) in [6, 6.07) is 3.24. The smallest absolute Gasteiger partial charge is 0.345 e. The number of carboxylic acid groups (broad SMARTS) is 1. The number of aliphatic hydroxyl groups is 1. The Hall–Kier alpha value is -1.31. The highest BCUT2D eigenvalue weighted by molar-refractivity contribution is 7.14. The molecular weight excluding hydrogens is 200 g/mol. The lowest BCUT2D eigenvalue weighted by Crippen LogP contribution is -1.89. The molecule has 4 heteroatoms. The maximum atomic E-state index is 10.5. The highest BCUT2D eigenvalue weighted by atomic mass is 32.1. The molecule has 0 aromatic carbocycles. The van der Waals surface area contributed by atoms with Crippen molar-refractivity contribution in [3.8, 4) is 11.8 Å². The number of unbranched alkanes of at least 4 members (excludes halogenated alkanes) is 1. The lowest BCUT2D eigenvalue weighted by molar-refractivity contribution is 0.0702. The third-order valence-corrected chi connectivity index (χ3v) is 2.48. The molecule has 0 bridgehead atoms. The molecule has 1 rings (SSSR count). The summed E-state index contributed by atoms with van der Waals surface area (Å²) < 4.78 is 0. The van der Waals surface area contributed by atoms with Gasteiger partial charge in [0.1, 0.15) is 4.88 Å². The first-order valence-corrected chi connectivity index (χ1v) is 4.98. The largest absolute Gasteiger partial charge is 0.477 e. The molecule has 0 spiro atoms. The van der Waals surface area contributed by atoms with E-state index in [1.165, 1.54) is 0 Å². The number of carboxylic acids is 1. The molecule has 0 radical (unpaired) electrons. The summed E-state index contributed by atoms with van der Waals surface area (Å²) in [5.74, 6) is 4.79. The Morgan fingerprint density at radius 2 is 2.29 bits per heavy atom. The molecule has 0 atom stereocenters. The van der Waals surface area contributed by atoms with Crippen molar-refractivity contribution < 1.29 is 15.0 Å². The topological polar surface area (TPSA) is 57.5 Å². The summed E-state index contributed by atoms with van der Waals surface area (Å²) in [5.41, 5.74) is 0. The third kappa shape index (κ3) is 3.21. The van der Waals surface area contributed by atoms with Gasteiger partial charge >= 0.3 is 5.97 Å². The number of rotatable bonds is 3. The highest BCUT2D eigenvalue weighted by Crippen LogP contribution is 2.14. The minimum Gasteiger partial charge on any atom is -0.477 e. The van der Waals surface area contributed by atoms with Crippen LogP contribution in [0, 0.1) is 11.8 Å². The third-order valence-electron chi connectivity index (χ3n) is 1.49. The van der Waals surface area contributed by atoms with E-state index in [-0.39, 0.29) is 6.61 Å². The number of thiophene rings is 1. The van der Waals surface area contributed by atoms with Gasteiger partial charge in [-0.05, 0) is 18.6 Å². The second-order valence-electron chi connectivity index (χ2n) is 2.60. The number of carbonyl (C=O) groups is 1. The molecule has 0 aliphatic rings. The molecule has 2 N–H and O–H groups in total. The quantitative estimate of drug-likeness (QED) is 0.588. The fraction of sp³-hybridized carbons (Fsp3) is 0.300. The molecule has 0 aliphatic heterocycles. The number of aliphatic hydroxyl groups excluding tert-OH is 1. The molecular formula is C10H10O3S. The van der Waals surface area contributed by atoms with E-state index in [0.717, 1.165) is 16.2 Å². The van der Waals surface area contributed by atoms with Crippen LogP contribution in [0.5, 0.6) is 0 Å². The van der Waals surface area contributed by atoms with E-state index in [0.29, 0.717) is 17.7 Å². The van der Waals surface area contributed by atoms with Gasteiger partial charge in [0, 0.05) is 13.0 Å². The van der Waals surface area contributed by atoms with Crippen molar-refractivity contribution in [2.45, 2.75) is 12.8 Å². The van der Waals surface area contributed by atoms with E-state index in [1.807, 2.05) is 0 Å². The van der Waals surface area contributed by atoms with Gasteiger partial charge in [-0.15, -0.1) is 11.3 Å². The summed E-state index contributed by atoms with van der Waals surface area (Å²) >= 11 is 1.16. The Kier molecular flexibility index (Phi) is 4.17. The van der Waals surface area contributed by atoms with Crippen molar-refractivity contribution >= 4 is 17.3 Å². The summed E-state index contributed by atoms with van der Waals surface area (Å²) in [7, 11) is 0. The molecule has 0 fully saturated rings. The Labute approximate surface area is 86.0 Å². The molecule has 14 heavy (non-hydrogen) atoms. The van der Waals surface area contributed by atoms with Crippen LogP contribution in [0.25, 0.3) is 0 Å². The van der Waals surface area contributed by atoms with Gasteiger partial charge in [0.15, 0.2) is 0 Å². The normalized spacial score (nSPS) is 9.21. The molecule has 1 heterocycles. The van der Waals surface area contributed by atoms with Crippen LogP contribution in [0.4, 0.5) is 0 Å². The van der Waals surface area contributed by atoms with Crippen LogP contribution in [-0.2, 0) is 0 Å². The Morgan fingerprint density at radius 3 is 2.86 bits per heavy atom. The maximum Gasteiger partial charge on any atom is 0.345 e. The van der Waals surface area contributed by atoms with E-state index in [4.69, 9.17) is 10.2 Å². The van der Waals surface area contributed by atoms with Crippen LogP contribution in [0.3, 0.4) is 0 Å². The molecule has 1 aromatic rings. The van der Waals surface area contributed by atoms with Crippen molar-refractivity contribution in [2.75, 3.05) is 6.61 Å². The van der Waals surface area contributed by atoms with Gasteiger partial charge in [0.2, 0.25) is 0 Å². The Bertz CT molecular complexity index is 370. The molecule has 74 valence electrons. The average Bonchev–Trinajstić information content (AvgIpc) is 2.61. The van der Waals surface area contributed by atoms with Crippen LogP contribution in [-0.4, -0.2) is 22.8 Å². The molecule has 0 saturated carbocycles. The van der Waals surface area contributed by atoms with Gasteiger partial charge in [-0.25, -0.2) is 4.79 Å². The monoisotopic (exact) mass is 210 g/mol.